The van der Waals surface area contributed by atoms with E-state index < -0.39 is 0 Å². The maximum Gasteiger partial charge on any atom is 0.253 e. The molecule has 0 spiro atoms. The SMILES string of the molecule is CN(C)c1cccc(C(=O)N2CCC(CCBr)C2)c1. The lowest BCUT2D eigenvalue weighted by Crippen LogP contribution is -2.28. The van der Waals surface area contributed by atoms with E-state index in [1.807, 2.05) is 48.2 Å². The molecule has 3 nitrogen and oxygen atoms in total. The quantitative estimate of drug-likeness (QED) is 0.795. The summed E-state index contributed by atoms with van der Waals surface area (Å²) in [4.78, 5) is 16.5. The molecule has 0 N–H and O–H groups in total. The molecule has 1 aliphatic heterocycles. The van der Waals surface area contributed by atoms with Gasteiger partial charge in [0.1, 0.15) is 0 Å². The summed E-state index contributed by atoms with van der Waals surface area (Å²) in [5.74, 6) is 0.820. The molecule has 0 saturated carbocycles. The van der Waals surface area contributed by atoms with Gasteiger partial charge in [-0.3, -0.25) is 4.79 Å². The van der Waals surface area contributed by atoms with Crippen molar-refractivity contribution in [3.05, 3.63) is 29.8 Å². The first kappa shape index (κ1) is 14.4. The molecule has 1 fully saturated rings. The number of alkyl halides is 1. The molecule has 1 amide bonds. The van der Waals surface area contributed by atoms with E-state index in [4.69, 9.17) is 0 Å². The maximum absolute atomic E-state index is 12.5. The van der Waals surface area contributed by atoms with Gasteiger partial charge in [0.05, 0.1) is 0 Å². The molecule has 0 aliphatic carbocycles. The molecule has 2 rings (SSSR count). The minimum Gasteiger partial charge on any atom is -0.378 e. The molecule has 1 atom stereocenters. The van der Waals surface area contributed by atoms with Gasteiger partial charge in [-0.2, -0.15) is 0 Å². The van der Waals surface area contributed by atoms with Gasteiger partial charge < -0.3 is 9.80 Å². The average Bonchev–Trinajstić information content (AvgIpc) is 2.87. The van der Waals surface area contributed by atoms with Crippen molar-refractivity contribution in [3.8, 4) is 0 Å². The van der Waals surface area contributed by atoms with Crippen LogP contribution in [-0.2, 0) is 0 Å². The van der Waals surface area contributed by atoms with Crippen LogP contribution in [0, 0.1) is 5.92 Å². The number of likely N-dealkylation sites (tertiary alicyclic amines) is 1. The molecule has 4 heteroatoms. The molecule has 0 radical (unpaired) electrons. The van der Waals surface area contributed by atoms with Crippen molar-refractivity contribution in [1.82, 2.24) is 4.90 Å². The number of hydrogen-bond donors (Lipinski definition) is 0. The molecule has 1 saturated heterocycles. The summed E-state index contributed by atoms with van der Waals surface area (Å²) in [7, 11) is 3.98. The lowest BCUT2D eigenvalue weighted by Gasteiger charge is -2.18. The third-order valence-electron chi connectivity index (χ3n) is 3.70. The Morgan fingerprint density at radius 1 is 1.47 bits per heavy atom. The Morgan fingerprint density at radius 2 is 2.26 bits per heavy atom. The van der Waals surface area contributed by atoms with Gasteiger partial charge in [-0.05, 0) is 37.0 Å². The zero-order chi connectivity index (χ0) is 13.8. The van der Waals surface area contributed by atoms with Crippen molar-refractivity contribution < 1.29 is 4.79 Å². The highest BCUT2D eigenvalue weighted by Crippen LogP contribution is 2.23. The summed E-state index contributed by atoms with van der Waals surface area (Å²) >= 11 is 3.48. The second-order valence-electron chi connectivity index (χ2n) is 5.33. The molecule has 1 aromatic carbocycles. The molecule has 1 aromatic rings. The predicted octanol–water partition coefficient (Wildman–Crippen LogP) is 3.00. The summed E-state index contributed by atoms with van der Waals surface area (Å²) in [5, 5.41) is 1.02. The van der Waals surface area contributed by atoms with Gasteiger partial charge in [0, 0.05) is 43.8 Å². The lowest BCUT2D eigenvalue weighted by atomic mass is 10.1. The van der Waals surface area contributed by atoms with E-state index in [-0.39, 0.29) is 5.91 Å². The summed E-state index contributed by atoms with van der Waals surface area (Å²) in [6.07, 6.45) is 2.28. The Labute approximate surface area is 123 Å². The monoisotopic (exact) mass is 324 g/mol. The fourth-order valence-electron chi connectivity index (χ4n) is 2.51. The van der Waals surface area contributed by atoms with E-state index in [2.05, 4.69) is 15.9 Å². The summed E-state index contributed by atoms with van der Waals surface area (Å²) in [6.45, 7) is 1.79. The van der Waals surface area contributed by atoms with Gasteiger partial charge in [-0.1, -0.05) is 22.0 Å². The van der Waals surface area contributed by atoms with Crippen molar-refractivity contribution in [1.29, 1.82) is 0 Å². The van der Waals surface area contributed by atoms with Gasteiger partial charge in [0.2, 0.25) is 0 Å². The zero-order valence-electron chi connectivity index (χ0n) is 11.6. The first-order chi connectivity index (χ1) is 9.11. The number of carbonyl (C=O) groups excluding carboxylic acids is 1. The first-order valence-electron chi connectivity index (χ1n) is 6.74. The highest BCUT2D eigenvalue weighted by molar-refractivity contribution is 9.09. The number of amides is 1. The minimum atomic E-state index is 0.167. The van der Waals surface area contributed by atoms with Crippen molar-refractivity contribution in [3.63, 3.8) is 0 Å². The predicted molar refractivity (Wildman–Crippen MR) is 83.2 cm³/mol. The second-order valence-corrected chi connectivity index (χ2v) is 6.12. The Hall–Kier alpha value is -1.03. The second kappa shape index (κ2) is 6.42. The van der Waals surface area contributed by atoms with Gasteiger partial charge in [-0.15, -0.1) is 0 Å². The maximum atomic E-state index is 12.5. The highest BCUT2D eigenvalue weighted by Gasteiger charge is 2.26. The Kier molecular flexibility index (Phi) is 4.86. The van der Waals surface area contributed by atoms with E-state index in [1.165, 1.54) is 0 Å². The van der Waals surface area contributed by atoms with Crippen LogP contribution in [0.4, 0.5) is 5.69 Å². The smallest absolute Gasteiger partial charge is 0.253 e. The van der Waals surface area contributed by atoms with Crippen LogP contribution >= 0.6 is 15.9 Å². The van der Waals surface area contributed by atoms with Gasteiger partial charge in [-0.25, -0.2) is 0 Å². The number of halogens is 1. The summed E-state index contributed by atoms with van der Waals surface area (Å²) in [6, 6.07) is 7.86. The van der Waals surface area contributed by atoms with Gasteiger partial charge in [0.15, 0.2) is 0 Å². The highest BCUT2D eigenvalue weighted by atomic mass is 79.9. The van der Waals surface area contributed by atoms with Crippen LogP contribution in [0.3, 0.4) is 0 Å². The number of rotatable bonds is 4. The van der Waals surface area contributed by atoms with Gasteiger partial charge >= 0.3 is 0 Å². The summed E-state index contributed by atoms with van der Waals surface area (Å²) in [5.41, 5.74) is 1.87. The van der Waals surface area contributed by atoms with Crippen LogP contribution in [0.15, 0.2) is 24.3 Å². The Bertz CT molecular complexity index is 448. The molecule has 0 bridgehead atoms. The van der Waals surface area contributed by atoms with E-state index in [0.717, 1.165) is 42.5 Å². The first-order valence-corrected chi connectivity index (χ1v) is 7.86. The van der Waals surface area contributed by atoms with Crippen molar-refractivity contribution in [2.75, 3.05) is 37.4 Å². The molecular weight excluding hydrogens is 304 g/mol. The fourth-order valence-corrected chi connectivity index (χ4v) is 3.15. The number of benzene rings is 1. The normalized spacial score (nSPS) is 18.7. The number of anilines is 1. The topological polar surface area (TPSA) is 23.6 Å². The van der Waals surface area contributed by atoms with Crippen LogP contribution < -0.4 is 4.90 Å². The minimum absolute atomic E-state index is 0.167. The molecule has 1 aliphatic rings. The van der Waals surface area contributed by atoms with E-state index in [0.29, 0.717) is 5.92 Å². The number of carbonyl (C=O) groups is 1. The molecule has 104 valence electrons. The van der Waals surface area contributed by atoms with Crippen LogP contribution in [0.5, 0.6) is 0 Å². The van der Waals surface area contributed by atoms with Crippen LogP contribution in [-0.4, -0.2) is 43.3 Å². The Balaban J connectivity index is 2.06. The molecule has 1 unspecified atom stereocenters. The van der Waals surface area contributed by atoms with Crippen LogP contribution in [0.2, 0.25) is 0 Å². The fraction of sp³-hybridized carbons (Fsp3) is 0.533. The third-order valence-corrected chi connectivity index (χ3v) is 4.16. The third kappa shape index (κ3) is 3.50. The lowest BCUT2D eigenvalue weighted by molar-refractivity contribution is 0.0787. The van der Waals surface area contributed by atoms with E-state index >= 15 is 0 Å². The average molecular weight is 325 g/mol. The van der Waals surface area contributed by atoms with Crippen molar-refractivity contribution in [2.24, 2.45) is 5.92 Å². The van der Waals surface area contributed by atoms with E-state index in [1.54, 1.807) is 0 Å². The Morgan fingerprint density at radius 3 is 2.95 bits per heavy atom. The van der Waals surface area contributed by atoms with Crippen LogP contribution in [0.25, 0.3) is 0 Å². The van der Waals surface area contributed by atoms with Crippen molar-refractivity contribution in [2.45, 2.75) is 12.8 Å². The molecular formula is C15H21BrN2O. The van der Waals surface area contributed by atoms with Gasteiger partial charge in [0.25, 0.3) is 5.91 Å². The molecule has 1 heterocycles. The van der Waals surface area contributed by atoms with Crippen LogP contribution in [0.1, 0.15) is 23.2 Å². The molecule has 19 heavy (non-hydrogen) atoms. The summed E-state index contributed by atoms with van der Waals surface area (Å²) < 4.78 is 0. The standard InChI is InChI=1S/C15H21BrN2O/c1-17(2)14-5-3-4-13(10-14)15(19)18-9-7-12(11-18)6-8-16/h3-5,10,12H,6-9,11H2,1-2H3. The van der Waals surface area contributed by atoms with E-state index in [9.17, 15) is 4.79 Å². The number of hydrogen-bond acceptors (Lipinski definition) is 2. The van der Waals surface area contributed by atoms with Crippen molar-refractivity contribution >= 4 is 27.5 Å². The largest absolute Gasteiger partial charge is 0.378 e. The number of nitrogens with zero attached hydrogens (tertiary/aromatic N) is 2. The molecule has 0 aromatic heterocycles. The zero-order valence-corrected chi connectivity index (χ0v) is 13.2.